The molecular weight excluding hydrogens is 290 g/mol. The monoisotopic (exact) mass is 307 g/mol. The summed E-state index contributed by atoms with van der Waals surface area (Å²) in [5.74, 6) is 1.00. The molecule has 5 nitrogen and oxygen atoms in total. The summed E-state index contributed by atoms with van der Waals surface area (Å²) in [7, 11) is 0. The van der Waals surface area contributed by atoms with Gasteiger partial charge in [0.05, 0.1) is 23.2 Å². The second-order valence-electron chi connectivity index (χ2n) is 5.99. The van der Waals surface area contributed by atoms with Crippen LogP contribution in [0.3, 0.4) is 0 Å². The van der Waals surface area contributed by atoms with Gasteiger partial charge in [-0.1, -0.05) is 37.3 Å². The third-order valence-corrected chi connectivity index (χ3v) is 4.33. The van der Waals surface area contributed by atoms with Crippen molar-refractivity contribution in [3.63, 3.8) is 0 Å². The molecule has 1 fully saturated rings. The van der Waals surface area contributed by atoms with E-state index < -0.39 is 0 Å². The summed E-state index contributed by atoms with van der Waals surface area (Å²) >= 11 is 0. The van der Waals surface area contributed by atoms with Crippen LogP contribution in [-0.4, -0.2) is 21.1 Å². The molecule has 1 aromatic carbocycles. The molecule has 5 heteroatoms. The molecule has 116 valence electrons. The first kappa shape index (κ1) is 14.1. The number of ether oxygens (including phenoxy) is 1. The Hall–Kier alpha value is -2.53. The van der Waals surface area contributed by atoms with Crippen LogP contribution in [-0.2, 0) is 4.74 Å². The Bertz CT molecular complexity index is 891. The molecule has 0 saturated carbocycles. The maximum atomic E-state index is 12.1. The van der Waals surface area contributed by atoms with Crippen LogP contribution in [0.5, 0.6) is 0 Å². The highest BCUT2D eigenvalue weighted by Gasteiger charge is 2.43. The normalized spacial score (nSPS) is 21.3. The maximum absolute atomic E-state index is 12.1. The van der Waals surface area contributed by atoms with Crippen LogP contribution >= 0.6 is 0 Å². The summed E-state index contributed by atoms with van der Waals surface area (Å²) in [5, 5.41) is 0.554. The number of H-pyrrole nitrogens is 1. The Kier molecular flexibility index (Phi) is 3.42. The number of pyridine rings is 1. The number of nitrogens with zero attached hydrogens (tertiary/aromatic N) is 2. The van der Waals surface area contributed by atoms with Crippen LogP contribution in [0.15, 0.2) is 53.6 Å². The minimum Gasteiger partial charge on any atom is -0.361 e. The number of hydrogen-bond donors (Lipinski definition) is 1. The fourth-order valence-corrected chi connectivity index (χ4v) is 2.97. The standard InChI is InChI=1S/C18H17N3O2/c1-11(12-5-3-2-4-6-12)9-15-16(23-15)17-20-14-10-19-8-7-13(14)18(22)21-17/h2-8,10-11,15-16H,9H2,1H3,(H,20,21,22). The van der Waals surface area contributed by atoms with Crippen LogP contribution < -0.4 is 5.56 Å². The molecule has 0 bridgehead atoms. The molecule has 0 aliphatic carbocycles. The molecule has 3 heterocycles. The van der Waals surface area contributed by atoms with Crippen molar-refractivity contribution in [2.45, 2.75) is 31.5 Å². The Morgan fingerprint density at radius 1 is 1.26 bits per heavy atom. The highest BCUT2D eigenvalue weighted by molar-refractivity contribution is 5.76. The predicted octanol–water partition coefficient (Wildman–Crippen LogP) is 2.95. The first-order valence-electron chi connectivity index (χ1n) is 7.77. The van der Waals surface area contributed by atoms with E-state index in [-0.39, 0.29) is 17.8 Å². The minimum atomic E-state index is -0.141. The van der Waals surface area contributed by atoms with Gasteiger partial charge in [0.25, 0.3) is 5.56 Å². The van der Waals surface area contributed by atoms with Crippen molar-refractivity contribution in [2.75, 3.05) is 0 Å². The predicted molar refractivity (Wildman–Crippen MR) is 87.2 cm³/mol. The van der Waals surface area contributed by atoms with E-state index in [9.17, 15) is 4.79 Å². The van der Waals surface area contributed by atoms with Crippen LogP contribution in [0.25, 0.3) is 10.9 Å². The van der Waals surface area contributed by atoms with Crippen LogP contribution in [0.4, 0.5) is 0 Å². The molecule has 23 heavy (non-hydrogen) atoms. The van der Waals surface area contributed by atoms with Crippen molar-refractivity contribution >= 4 is 10.9 Å². The van der Waals surface area contributed by atoms with Gasteiger partial charge in [0.1, 0.15) is 11.9 Å². The lowest BCUT2D eigenvalue weighted by Gasteiger charge is -2.09. The van der Waals surface area contributed by atoms with E-state index >= 15 is 0 Å². The average Bonchev–Trinajstić information content (AvgIpc) is 3.35. The lowest BCUT2D eigenvalue weighted by Crippen LogP contribution is -2.12. The smallest absolute Gasteiger partial charge is 0.258 e. The van der Waals surface area contributed by atoms with Crippen LogP contribution in [0.2, 0.25) is 0 Å². The average molecular weight is 307 g/mol. The Labute approximate surface area is 133 Å². The van der Waals surface area contributed by atoms with Crippen LogP contribution in [0, 0.1) is 0 Å². The zero-order valence-electron chi connectivity index (χ0n) is 12.8. The summed E-state index contributed by atoms with van der Waals surface area (Å²) in [6, 6.07) is 12.0. The molecule has 2 aromatic heterocycles. The molecule has 1 aliphatic rings. The molecule has 0 radical (unpaired) electrons. The number of aromatic amines is 1. The van der Waals surface area contributed by atoms with Crippen molar-refractivity contribution in [3.8, 4) is 0 Å². The van der Waals surface area contributed by atoms with Gasteiger partial charge in [-0.2, -0.15) is 0 Å². The molecule has 0 amide bonds. The lowest BCUT2D eigenvalue weighted by molar-refractivity contribution is 0.354. The Balaban J connectivity index is 1.52. The zero-order valence-corrected chi connectivity index (χ0v) is 12.8. The molecule has 0 spiro atoms. The third-order valence-electron chi connectivity index (χ3n) is 4.33. The summed E-state index contributed by atoms with van der Waals surface area (Å²) < 4.78 is 5.75. The summed E-state index contributed by atoms with van der Waals surface area (Å²) in [5.41, 5.74) is 1.76. The first-order chi connectivity index (χ1) is 11.2. The molecule has 1 N–H and O–H groups in total. The molecule has 3 atom stereocenters. The molecule has 3 unspecified atom stereocenters. The highest BCUT2D eigenvalue weighted by atomic mass is 16.6. The van der Waals surface area contributed by atoms with Crippen molar-refractivity contribution in [2.24, 2.45) is 0 Å². The molecule has 3 aromatic rings. The molecular formula is C18H17N3O2. The number of fused-ring (bicyclic) bond motifs is 1. The van der Waals surface area contributed by atoms with Gasteiger partial charge in [-0.25, -0.2) is 4.98 Å². The zero-order chi connectivity index (χ0) is 15.8. The van der Waals surface area contributed by atoms with E-state index in [1.807, 2.05) is 18.2 Å². The lowest BCUT2D eigenvalue weighted by atomic mass is 9.95. The Morgan fingerprint density at radius 3 is 2.91 bits per heavy atom. The number of benzene rings is 1. The maximum Gasteiger partial charge on any atom is 0.258 e. The summed E-state index contributed by atoms with van der Waals surface area (Å²) in [4.78, 5) is 23.5. The number of epoxide rings is 1. The van der Waals surface area contributed by atoms with Gasteiger partial charge >= 0.3 is 0 Å². The molecule has 4 rings (SSSR count). The third kappa shape index (κ3) is 2.75. The van der Waals surface area contributed by atoms with Gasteiger partial charge in [-0.15, -0.1) is 0 Å². The summed E-state index contributed by atoms with van der Waals surface area (Å²) in [6.07, 6.45) is 4.08. The Morgan fingerprint density at radius 2 is 2.09 bits per heavy atom. The van der Waals surface area contributed by atoms with Crippen molar-refractivity contribution in [1.29, 1.82) is 0 Å². The number of rotatable bonds is 4. The van der Waals surface area contributed by atoms with Crippen molar-refractivity contribution < 1.29 is 4.74 Å². The number of hydrogen-bond acceptors (Lipinski definition) is 4. The SMILES string of the molecule is CC(CC1OC1c1nc2cnccc2c(=O)[nH]1)c1ccccc1. The van der Waals surface area contributed by atoms with Gasteiger partial charge < -0.3 is 9.72 Å². The van der Waals surface area contributed by atoms with Crippen molar-refractivity contribution in [1.82, 2.24) is 15.0 Å². The van der Waals surface area contributed by atoms with E-state index in [1.54, 1.807) is 18.5 Å². The number of aromatic nitrogens is 3. The second kappa shape index (κ2) is 5.59. The molecule has 1 saturated heterocycles. The van der Waals surface area contributed by atoms with Gasteiger partial charge in [-0.3, -0.25) is 9.78 Å². The summed E-state index contributed by atoms with van der Waals surface area (Å²) in [6.45, 7) is 2.19. The van der Waals surface area contributed by atoms with Gasteiger partial charge in [0.15, 0.2) is 0 Å². The minimum absolute atomic E-state index is 0.0995. The topological polar surface area (TPSA) is 71.2 Å². The fourth-order valence-electron chi connectivity index (χ4n) is 2.97. The fraction of sp³-hybridized carbons (Fsp3) is 0.278. The molecule has 1 aliphatic heterocycles. The van der Waals surface area contributed by atoms with Gasteiger partial charge in [0.2, 0.25) is 0 Å². The quantitative estimate of drug-likeness (QED) is 0.752. The van der Waals surface area contributed by atoms with Crippen LogP contribution in [0.1, 0.15) is 36.8 Å². The van der Waals surface area contributed by atoms with Gasteiger partial charge in [0, 0.05) is 6.20 Å². The largest absolute Gasteiger partial charge is 0.361 e. The number of nitrogens with one attached hydrogen (secondary N) is 1. The van der Waals surface area contributed by atoms with E-state index in [0.29, 0.717) is 22.6 Å². The highest BCUT2D eigenvalue weighted by Crippen LogP contribution is 2.42. The van der Waals surface area contributed by atoms with Crippen molar-refractivity contribution in [3.05, 3.63) is 70.5 Å². The van der Waals surface area contributed by atoms with E-state index in [4.69, 9.17) is 4.74 Å². The van der Waals surface area contributed by atoms with E-state index in [2.05, 4.69) is 34.0 Å². The van der Waals surface area contributed by atoms with E-state index in [1.165, 1.54) is 5.56 Å². The first-order valence-corrected chi connectivity index (χ1v) is 7.77. The van der Waals surface area contributed by atoms with E-state index in [0.717, 1.165) is 6.42 Å². The second-order valence-corrected chi connectivity index (χ2v) is 5.99. The van der Waals surface area contributed by atoms with Gasteiger partial charge in [-0.05, 0) is 24.0 Å².